The van der Waals surface area contributed by atoms with E-state index in [1.165, 1.54) is 6.26 Å². The molecule has 4 rings (SSSR count). The molecule has 2 aromatic carbocycles. The van der Waals surface area contributed by atoms with Crippen LogP contribution in [-0.2, 0) is 27.6 Å². The number of pyridine rings is 1. The molecule has 0 aliphatic heterocycles. The fourth-order valence-electron chi connectivity index (χ4n) is 3.28. The average molecular weight is 438 g/mol. The molecule has 0 radical (unpaired) electrons. The molecule has 0 amide bonds. The molecule has 0 saturated carbocycles. The number of benzene rings is 2. The lowest BCUT2D eigenvalue weighted by atomic mass is 10.1. The number of hydrogen-bond donors (Lipinski definition) is 0. The monoisotopic (exact) mass is 437 g/mol. The number of ether oxygens (including phenoxy) is 2. The van der Waals surface area contributed by atoms with Crippen LogP contribution in [0.5, 0.6) is 11.5 Å². The number of aromatic nitrogens is 3. The molecule has 160 valence electrons. The Kier molecular flexibility index (Phi) is 6.01. The molecule has 4 aromatic rings. The second-order valence-electron chi connectivity index (χ2n) is 7.32. The Morgan fingerprint density at radius 3 is 2.71 bits per heavy atom. The molecule has 8 heteroatoms. The Morgan fingerprint density at radius 2 is 1.90 bits per heavy atom. The van der Waals surface area contributed by atoms with Gasteiger partial charge in [0.05, 0.1) is 37.8 Å². The lowest BCUT2D eigenvalue weighted by Gasteiger charge is -2.10. The van der Waals surface area contributed by atoms with Crippen LogP contribution in [0, 0.1) is 0 Å². The summed E-state index contributed by atoms with van der Waals surface area (Å²) in [6, 6.07) is 15.7. The van der Waals surface area contributed by atoms with Crippen molar-refractivity contribution in [1.29, 1.82) is 0 Å². The third-order valence-corrected chi connectivity index (χ3v) is 5.83. The molecular formula is C23H23N3O4S. The van der Waals surface area contributed by atoms with Gasteiger partial charge in [-0.3, -0.25) is 9.67 Å². The minimum atomic E-state index is -3.04. The number of sulfone groups is 1. The van der Waals surface area contributed by atoms with Crippen molar-refractivity contribution in [2.75, 3.05) is 19.1 Å². The van der Waals surface area contributed by atoms with Crippen LogP contribution in [0.3, 0.4) is 0 Å². The van der Waals surface area contributed by atoms with Gasteiger partial charge < -0.3 is 14.0 Å². The van der Waals surface area contributed by atoms with Crippen LogP contribution in [0.2, 0.25) is 0 Å². The van der Waals surface area contributed by atoms with Gasteiger partial charge in [0.2, 0.25) is 0 Å². The molecule has 2 aromatic heterocycles. The summed E-state index contributed by atoms with van der Waals surface area (Å²) in [4.78, 5) is 4.22. The Hall–Kier alpha value is -3.23. The van der Waals surface area contributed by atoms with Crippen LogP contribution >= 0.6 is 0 Å². The van der Waals surface area contributed by atoms with Gasteiger partial charge in [0.15, 0.2) is 0 Å². The van der Waals surface area contributed by atoms with E-state index >= 15 is 0 Å². The van der Waals surface area contributed by atoms with Crippen molar-refractivity contribution in [3.05, 3.63) is 72.7 Å². The Bertz CT molecular complexity index is 1250. The molecular weight excluding hydrogens is 414 g/mol. The molecule has 31 heavy (non-hydrogen) atoms. The van der Waals surface area contributed by atoms with Crippen LogP contribution in [0.25, 0.3) is 22.0 Å². The minimum absolute atomic E-state index is 0.0567. The summed E-state index contributed by atoms with van der Waals surface area (Å²) in [5.41, 5.74) is 3.92. The van der Waals surface area contributed by atoms with Gasteiger partial charge in [-0.2, -0.15) is 5.10 Å². The zero-order chi connectivity index (χ0) is 21.8. The number of methoxy groups -OCH3 is 1. The van der Waals surface area contributed by atoms with Crippen molar-refractivity contribution >= 4 is 21.1 Å². The summed E-state index contributed by atoms with van der Waals surface area (Å²) < 4.78 is 35.8. The van der Waals surface area contributed by atoms with Crippen molar-refractivity contribution < 1.29 is 18.2 Å². The summed E-state index contributed by atoms with van der Waals surface area (Å²) in [7, 11) is -1.42. The molecule has 1 unspecified atom stereocenters. The minimum Gasteiger partial charge on any atom is -0.615 e. The standard InChI is InChI=1S/C23H23N3O4S/c1-29-22-11-19(13-24-15-22)18-5-3-4-17(10-18)16-30-21-6-7-23-20(12-21)14-25-26(23)8-9-31(2,27)28/h3-7,10-15H,8-9,16H2,1-2H3. The highest BCUT2D eigenvalue weighted by molar-refractivity contribution is 7.96. The number of fused-ring (bicyclic) bond motifs is 1. The van der Waals surface area contributed by atoms with Crippen LogP contribution in [0.4, 0.5) is 0 Å². The van der Waals surface area contributed by atoms with Crippen molar-refractivity contribution in [2.45, 2.75) is 13.2 Å². The highest BCUT2D eigenvalue weighted by Crippen LogP contribution is 2.25. The van der Waals surface area contributed by atoms with E-state index in [1.54, 1.807) is 30.4 Å². The summed E-state index contributed by atoms with van der Waals surface area (Å²) in [6.45, 7) is 0.743. The van der Waals surface area contributed by atoms with Gasteiger partial charge in [-0.05, 0) is 41.5 Å². The van der Waals surface area contributed by atoms with Crippen molar-refractivity contribution in [3.8, 4) is 22.6 Å². The lowest BCUT2D eigenvalue weighted by molar-refractivity contribution is 0.306. The summed E-state index contributed by atoms with van der Waals surface area (Å²) in [6.07, 6.45) is 6.43. The van der Waals surface area contributed by atoms with E-state index in [2.05, 4.69) is 16.1 Å². The normalized spacial score (nSPS) is 13.1. The highest BCUT2D eigenvalue weighted by atomic mass is 32.3. The third-order valence-electron chi connectivity index (χ3n) is 4.90. The van der Waals surface area contributed by atoms with Crippen LogP contribution in [-0.4, -0.2) is 38.4 Å². The zero-order valence-corrected chi connectivity index (χ0v) is 18.2. The first kappa shape index (κ1) is 21.0. The molecule has 0 spiro atoms. The van der Waals surface area contributed by atoms with E-state index < -0.39 is 10.2 Å². The van der Waals surface area contributed by atoms with Gasteiger partial charge in [-0.15, -0.1) is 4.21 Å². The molecule has 0 aliphatic carbocycles. The molecule has 0 bridgehead atoms. The molecule has 0 saturated heterocycles. The second kappa shape index (κ2) is 8.87. The summed E-state index contributed by atoms with van der Waals surface area (Å²) >= 11 is 0. The van der Waals surface area contributed by atoms with Crippen LogP contribution < -0.4 is 9.47 Å². The van der Waals surface area contributed by atoms with Gasteiger partial charge >= 0.3 is 0 Å². The molecule has 7 nitrogen and oxygen atoms in total. The van der Waals surface area contributed by atoms with Crippen LogP contribution in [0.15, 0.2) is 67.1 Å². The number of nitrogens with zero attached hydrogens (tertiary/aromatic N) is 3. The first-order valence-electron chi connectivity index (χ1n) is 9.76. The van der Waals surface area contributed by atoms with Gasteiger partial charge in [0, 0.05) is 27.4 Å². The van der Waals surface area contributed by atoms with E-state index in [1.807, 2.05) is 42.5 Å². The van der Waals surface area contributed by atoms with E-state index in [4.69, 9.17) is 9.47 Å². The maximum Gasteiger partial charge on any atom is 0.137 e. The van der Waals surface area contributed by atoms with E-state index in [9.17, 15) is 8.76 Å². The summed E-state index contributed by atoms with van der Waals surface area (Å²) in [5.74, 6) is 1.49. The van der Waals surface area contributed by atoms with Gasteiger partial charge in [0.25, 0.3) is 0 Å². The predicted molar refractivity (Wildman–Crippen MR) is 120 cm³/mol. The zero-order valence-electron chi connectivity index (χ0n) is 17.4. The Balaban J connectivity index is 1.46. The number of hydrogen-bond acceptors (Lipinski definition) is 6. The average Bonchev–Trinajstić information content (AvgIpc) is 3.18. The molecule has 1 atom stereocenters. The fraction of sp³-hybridized carbons (Fsp3) is 0.217. The summed E-state index contributed by atoms with van der Waals surface area (Å²) in [5, 5.41) is 5.20. The second-order valence-corrected chi connectivity index (χ2v) is 9.58. The molecule has 0 aliphatic rings. The van der Waals surface area contributed by atoms with Crippen molar-refractivity contribution in [2.24, 2.45) is 0 Å². The predicted octanol–water partition coefficient (Wildman–Crippen LogP) is 3.95. The highest BCUT2D eigenvalue weighted by Gasteiger charge is 2.10. The fourth-order valence-corrected chi connectivity index (χ4v) is 3.79. The lowest BCUT2D eigenvalue weighted by Crippen LogP contribution is -2.17. The van der Waals surface area contributed by atoms with E-state index in [0.717, 1.165) is 33.3 Å². The smallest absolute Gasteiger partial charge is 0.137 e. The van der Waals surface area contributed by atoms with Crippen molar-refractivity contribution in [1.82, 2.24) is 14.8 Å². The molecule has 0 N–H and O–H groups in total. The Labute approximate surface area is 181 Å². The Morgan fingerprint density at radius 1 is 1.03 bits per heavy atom. The van der Waals surface area contributed by atoms with Gasteiger partial charge in [-0.25, -0.2) is 0 Å². The van der Waals surface area contributed by atoms with E-state index in [-0.39, 0.29) is 5.75 Å². The molecule has 0 fully saturated rings. The van der Waals surface area contributed by atoms with Gasteiger partial charge in [0.1, 0.15) is 23.9 Å². The van der Waals surface area contributed by atoms with Crippen LogP contribution in [0.1, 0.15) is 5.56 Å². The quantitative estimate of drug-likeness (QED) is 0.388. The topological polar surface area (TPSA) is 89.3 Å². The first-order valence-corrected chi connectivity index (χ1v) is 11.8. The maximum absolute atomic E-state index is 11.4. The third kappa shape index (κ3) is 5.28. The van der Waals surface area contributed by atoms with Crippen molar-refractivity contribution in [3.63, 3.8) is 0 Å². The molecule has 2 heterocycles. The maximum atomic E-state index is 11.4. The number of aryl methyl sites for hydroxylation is 1. The number of rotatable bonds is 8. The first-order chi connectivity index (χ1) is 14.9. The van der Waals surface area contributed by atoms with E-state index in [0.29, 0.717) is 18.9 Å². The van der Waals surface area contributed by atoms with Gasteiger partial charge in [-0.1, -0.05) is 18.2 Å². The SMILES string of the molecule is COc1cncc(-c2cccc(COc3ccc4c(cnn4CC[S+](C)(=O)[O-])c3)c2)c1. The largest absolute Gasteiger partial charge is 0.615 e.